The topological polar surface area (TPSA) is 80.1 Å². The van der Waals surface area contributed by atoms with Gasteiger partial charge < -0.3 is 14.8 Å². The number of aromatic nitrogens is 3. The Morgan fingerprint density at radius 2 is 1.82 bits per heavy atom. The third kappa shape index (κ3) is 4.40. The number of rotatable bonds is 5. The summed E-state index contributed by atoms with van der Waals surface area (Å²) in [4.78, 5) is 27.1. The summed E-state index contributed by atoms with van der Waals surface area (Å²) in [6, 6.07) is 15.7. The van der Waals surface area contributed by atoms with Crippen molar-refractivity contribution in [3.05, 3.63) is 59.9 Å². The van der Waals surface area contributed by atoms with Crippen molar-refractivity contribution in [2.45, 2.75) is 52.0 Å². The van der Waals surface area contributed by atoms with Crippen molar-refractivity contribution in [2.75, 3.05) is 16.8 Å². The van der Waals surface area contributed by atoms with Crippen LogP contribution in [0.15, 0.2) is 48.5 Å². The molecule has 170 valence electrons. The molecule has 2 aliphatic rings. The normalized spacial score (nSPS) is 18.2. The van der Waals surface area contributed by atoms with E-state index in [2.05, 4.69) is 27.0 Å². The third-order valence-corrected chi connectivity index (χ3v) is 6.67. The highest BCUT2D eigenvalue weighted by Gasteiger charge is 2.35. The van der Waals surface area contributed by atoms with Gasteiger partial charge in [-0.2, -0.15) is 0 Å². The van der Waals surface area contributed by atoms with E-state index in [0.717, 1.165) is 60.8 Å². The van der Waals surface area contributed by atoms with Crippen LogP contribution in [0, 0.1) is 5.92 Å². The number of fused-ring (bicyclic) bond motifs is 1. The number of nitrogens with zero attached hydrogens (tertiary/aromatic N) is 4. The maximum absolute atomic E-state index is 12.9. The lowest BCUT2D eigenvalue weighted by Crippen LogP contribution is -2.28. The number of aryl methyl sites for hydroxylation is 2. The molecule has 1 aromatic heterocycles. The fourth-order valence-electron chi connectivity index (χ4n) is 4.69. The molecule has 0 radical (unpaired) electrons. The van der Waals surface area contributed by atoms with Crippen molar-refractivity contribution in [1.29, 1.82) is 0 Å². The molecular weight excluding hydrogens is 414 g/mol. The summed E-state index contributed by atoms with van der Waals surface area (Å²) in [5.74, 6) is 1.44. The molecule has 3 aromatic rings. The minimum absolute atomic E-state index is 0.0118. The van der Waals surface area contributed by atoms with Crippen molar-refractivity contribution in [3.63, 3.8) is 0 Å². The average Bonchev–Trinajstić information content (AvgIpc) is 3.35. The van der Waals surface area contributed by atoms with Gasteiger partial charge in [-0.3, -0.25) is 9.59 Å². The second-order valence-corrected chi connectivity index (χ2v) is 8.89. The van der Waals surface area contributed by atoms with Gasteiger partial charge in [0.15, 0.2) is 5.82 Å². The maximum Gasteiger partial charge on any atom is 0.229 e. The fourth-order valence-corrected chi connectivity index (χ4v) is 4.69. The third-order valence-electron chi connectivity index (χ3n) is 6.67. The maximum atomic E-state index is 12.9. The van der Waals surface area contributed by atoms with E-state index in [9.17, 15) is 9.59 Å². The molecule has 0 unspecified atom stereocenters. The van der Waals surface area contributed by atoms with Gasteiger partial charge in [0, 0.05) is 42.9 Å². The van der Waals surface area contributed by atoms with E-state index in [1.54, 1.807) is 4.90 Å². The van der Waals surface area contributed by atoms with Crippen LogP contribution in [-0.4, -0.2) is 33.1 Å². The minimum atomic E-state index is -0.365. The first kappa shape index (κ1) is 21.4. The Hall–Kier alpha value is -3.48. The van der Waals surface area contributed by atoms with E-state index >= 15 is 0 Å². The Morgan fingerprint density at radius 1 is 1.03 bits per heavy atom. The predicted octanol–water partition coefficient (Wildman–Crippen LogP) is 4.23. The van der Waals surface area contributed by atoms with Crippen molar-refractivity contribution in [2.24, 2.45) is 5.92 Å². The first-order valence-electron chi connectivity index (χ1n) is 11.8. The van der Waals surface area contributed by atoms with Gasteiger partial charge in [-0.05, 0) is 61.2 Å². The summed E-state index contributed by atoms with van der Waals surface area (Å²) in [5.41, 5.74) is 3.79. The van der Waals surface area contributed by atoms with Crippen LogP contribution in [0.1, 0.15) is 44.0 Å². The molecule has 0 bridgehead atoms. The first-order chi connectivity index (χ1) is 16.1. The molecule has 3 heterocycles. The summed E-state index contributed by atoms with van der Waals surface area (Å²) in [7, 11) is 0. The summed E-state index contributed by atoms with van der Waals surface area (Å²) in [6.45, 7) is 3.45. The molecule has 1 atom stereocenters. The fraction of sp³-hybridized carbons (Fsp3) is 0.385. The van der Waals surface area contributed by atoms with Gasteiger partial charge in [-0.15, -0.1) is 10.2 Å². The van der Waals surface area contributed by atoms with Crippen molar-refractivity contribution >= 4 is 23.2 Å². The number of carbonyl (C=O) groups is 2. The number of benzene rings is 2. The van der Waals surface area contributed by atoms with E-state index in [4.69, 9.17) is 0 Å². The summed E-state index contributed by atoms with van der Waals surface area (Å²) in [5, 5.41) is 11.8. The van der Waals surface area contributed by atoms with Crippen LogP contribution in [0.5, 0.6) is 0 Å². The highest BCUT2D eigenvalue weighted by atomic mass is 16.2. The minimum Gasteiger partial charge on any atom is -0.326 e. The van der Waals surface area contributed by atoms with Gasteiger partial charge >= 0.3 is 0 Å². The Kier molecular flexibility index (Phi) is 5.94. The lowest BCUT2D eigenvalue weighted by atomic mass is 10.1. The van der Waals surface area contributed by atoms with Gasteiger partial charge in [0.05, 0.1) is 5.92 Å². The molecule has 2 amide bonds. The van der Waals surface area contributed by atoms with Gasteiger partial charge in [-0.1, -0.05) is 25.5 Å². The molecule has 0 aliphatic carbocycles. The largest absolute Gasteiger partial charge is 0.326 e. The number of amides is 2. The molecule has 0 spiro atoms. The predicted molar refractivity (Wildman–Crippen MR) is 128 cm³/mol. The Labute approximate surface area is 193 Å². The van der Waals surface area contributed by atoms with Crippen molar-refractivity contribution in [3.8, 4) is 11.4 Å². The molecule has 1 saturated heterocycles. The molecule has 1 N–H and O–H groups in total. The van der Waals surface area contributed by atoms with Crippen LogP contribution in [0.25, 0.3) is 11.4 Å². The van der Waals surface area contributed by atoms with Crippen LogP contribution >= 0.6 is 0 Å². The molecule has 7 heteroatoms. The molecular formula is C26H29N5O2. The van der Waals surface area contributed by atoms with E-state index in [1.807, 2.05) is 48.5 Å². The molecule has 5 rings (SSSR count). The van der Waals surface area contributed by atoms with Crippen LogP contribution < -0.4 is 10.2 Å². The van der Waals surface area contributed by atoms with Gasteiger partial charge in [-0.25, -0.2) is 0 Å². The molecule has 33 heavy (non-hydrogen) atoms. The molecule has 7 nitrogen and oxygen atoms in total. The number of nitrogens with one attached hydrogen (secondary N) is 1. The van der Waals surface area contributed by atoms with Crippen molar-refractivity contribution in [1.82, 2.24) is 14.8 Å². The second kappa shape index (κ2) is 9.17. The SMILES string of the molecule is CCc1ccc(N2C[C@H](C(=O)Nc3ccc(-c4nnc5n4CCCCC5)cc3)CC2=O)cc1. The van der Waals surface area contributed by atoms with Crippen molar-refractivity contribution < 1.29 is 9.59 Å². The van der Waals surface area contributed by atoms with Crippen LogP contribution in [0.4, 0.5) is 11.4 Å². The summed E-state index contributed by atoms with van der Waals surface area (Å²) < 4.78 is 2.21. The molecule has 1 fully saturated rings. The molecule has 2 aromatic carbocycles. The number of anilines is 2. The van der Waals surface area contributed by atoms with Crippen LogP contribution in [0.2, 0.25) is 0 Å². The zero-order chi connectivity index (χ0) is 22.8. The van der Waals surface area contributed by atoms with E-state index in [-0.39, 0.29) is 24.2 Å². The smallest absolute Gasteiger partial charge is 0.229 e. The monoisotopic (exact) mass is 443 g/mol. The van der Waals surface area contributed by atoms with Gasteiger partial charge in [0.1, 0.15) is 5.82 Å². The van der Waals surface area contributed by atoms with E-state index in [0.29, 0.717) is 6.54 Å². The van der Waals surface area contributed by atoms with Gasteiger partial charge in [0.2, 0.25) is 11.8 Å². The molecule has 0 saturated carbocycles. The zero-order valence-electron chi connectivity index (χ0n) is 19.0. The van der Waals surface area contributed by atoms with E-state index in [1.165, 1.54) is 12.0 Å². The standard InChI is InChI=1S/C26H29N5O2/c1-2-18-7-13-22(14-8-18)31-17-20(16-24(31)32)26(33)27-21-11-9-19(10-12-21)25-29-28-23-6-4-3-5-15-30(23)25/h7-14,20H,2-6,15-17H2,1H3,(H,27,33)/t20-/m1/s1. The Bertz CT molecular complexity index is 1150. The summed E-state index contributed by atoms with van der Waals surface area (Å²) >= 11 is 0. The number of hydrogen-bond acceptors (Lipinski definition) is 4. The lowest BCUT2D eigenvalue weighted by Gasteiger charge is -2.17. The Balaban J connectivity index is 1.24. The Morgan fingerprint density at radius 3 is 2.58 bits per heavy atom. The van der Waals surface area contributed by atoms with Crippen LogP contribution in [-0.2, 0) is 29.0 Å². The van der Waals surface area contributed by atoms with Gasteiger partial charge in [0.25, 0.3) is 0 Å². The summed E-state index contributed by atoms with van der Waals surface area (Å²) in [6.07, 6.45) is 5.68. The zero-order valence-corrected chi connectivity index (χ0v) is 19.0. The lowest BCUT2D eigenvalue weighted by molar-refractivity contribution is -0.122. The highest BCUT2D eigenvalue weighted by molar-refractivity contribution is 6.03. The number of carbonyl (C=O) groups excluding carboxylic acids is 2. The van der Waals surface area contributed by atoms with E-state index < -0.39 is 0 Å². The molecule has 2 aliphatic heterocycles. The second-order valence-electron chi connectivity index (χ2n) is 8.89. The first-order valence-corrected chi connectivity index (χ1v) is 11.8. The van der Waals surface area contributed by atoms with Crippen LogP contribution in [0.3, 0.4) is 0 Å². The average molecular weight is 444 g/mol. The quantitative estimate of drug-likeness (QED) is 0.640. The number of hydrogen-bond donors (Lipinski definition) is 1. The highest BCUT2D eigenvalue weighted by Crippen LogP contribution is 2.28.